The fourth-order valence-corrected chi connectivity index (χ4v) is 2.29. The lowest BCUT2D eigenvalue weighted by Gasteiger charge is -2.18. The van der Waals surface area contributed by atoms with Gasteiger partial charge in [-0.2, -0.15) is 0 Å². The molecule has 7 nitrogen and oxygen atoms in total. The molecule has 0 spiro atoms. The SMILES string of the molecule is CCC(=O)NCC(=O)N[C@H]1COC[C@H]1Cc1cc(C)no1. The van der Waals surface area contributed by atoms with Crippen LogP contribution in [0.2, 0.25) is 0 Å². The largest absolute Gasteiger partial charge is 0.379 e. The lowest BCUT2D eigenvalue weighted by Crippen LogP contribution is -2.45. The van der Waals surface area contributed by atoms with Gasteiger partial charge in [-0.05, 0) is 6.92 Å². The molecular weight excluding hydrogens is 274 g/mol. The number of amides is 2. The summed E-state index contributed by atoms with van der Waals surface area (Å²) in [6, 6.07) is 1.82. The molecule has 1 fully saturated rings. The van der Waals surface area contributed by atoms with Gasteiger partial charge in [-0.3, -0.25) is 9.59 Å². The Bertz CT molecular complexity index is 500. The first-order chi connectivity index (χ1) is 10.1. The molecule has 0 aliphatic carbocycles. The van der Waals surface area contributed by atoms with Crippen LogP contribution in [-0.2, 0) is 20.7 Å². The van der Waals surface area contributed by atoms with Crippen LogP contribution < -0.4 is 10.6 Å². The molecule has 0 saturated carbocycles. The van der Waals surface area contributed by atoms with Gasteiger partial charge >= 0.3 is 0 Å². The minimum atomic E-state index is -0.203. The molecule has 2 atom stereocenters. The van der Waals surface area contributed by atoms with Gasteiger partial charge in [-0.15, -0.1) is 0 Å². The standard InChI is InChI=1S/C14H21N3O4/c1-3-13(18)15-6-14(19)16-12-8-20-7-10(12)5-11-4-9(2)17-21-11/h4,10,12H,3,5-8H2,1-2H3,(H,15,18)(H,16,19)/t10-,12+/m1/s1. The molecular formula is C14H21N3O4. The molecule has 1 aromatic rings. The van der Waals surface area contributed by atoms with Crippen molar-refractivity contribution in [1.29, 1.82) is 0 Å². The highest BCUT2D eigenvalue weighted by Crippen LogP contribution is 2.19. The summed E-state index contributed by atoms with van der Waals surface area (Å²) in [5.41, 5.74) is 0.840. The molecule has 0 aromatic carbocycles. The van der Waals surface area contributed by atoms with Crippen LogP contribution in [0.25, 0.3) is 0 Å². The predicted molar refractivity (Wildman–Crippen MR) is 74.5 cm³/mol. The van der Waals surface area contributed by atoms with E-state index < -0.39 is 0 Å². The normalized spacial score (nSPS) is 21.2. The zero-order valence-corrected chi connectivity index (χ0v) is 12.3. The first-order valence-corrected chi connectivity index (χ1v) is 7.14. The maximum absolute atomic E-state index is 11.8. The zero-order valence-electron chi connectivity index (χ0n) is 12.3. The summed E-state index contributed by atoms with van der Waals surface area (Å²) in [6.45, 7) is 4.66. The van der Waals surface area contributed by atoms with Crippen LogP contribution in [0.15, 0.2) is 10.6 Å². The van der Waals surface area contributed by atoms with Crippen molar-refractivity contribution in [1.82, 2.24) is 15.8 Å². The fourth-order valence-electron chi connectivity index (χ4n) is 2.29. The molecule has 2 heterocycles. The maximum Gasteiger partial charge on any atom is 0.239 e. The molecule has 2 rings (SSSR count). The third-order valence-corrected chi connectivity index (χ3v) is 3.45. The first-order valence-electron chi connectivity index (χ1n) is 7.14. The Labute approximate surface area is 123 Å². The number of hydrogen-bond acceptors (Lipinski definition) is 5. The highest BCUT2D eigenvalue weighted by molar-refractivity contribution is 5.84. The van der Waals surface area contributed by atoms with Crippen LogP contribution in [0, 0.1) is 12.8 Å². The van der Waals surface area contributed by atoms with E-state index in [0.717, 1.165) is 11.5 Å². The van der Waals surface area contributed by atoms with Crippen LogP contribution in [0.5, 0.6) is 0 Å². The second-order valence-corrected chi connectivity index (χ2v) is 5.24. The van der Waals surface area contributed by atoms with Crippen LogP contribution in [-0.4, -0.2) is 42.8 Å². The second kappa shape index (κ2) is 7.21. The van der Waals surface area contributed by atoms with E-state index in [4.69, 9.17) is 9.26 Å². The lowest BCUT2D eigenvalue weighted by atomic mass is 9.98. The van der Waals surface area contributed by atoms with Gasteiger partial charge in [0.2, 0.25) is 11.8 Å². The Hall–Kier alpha value is -1.89. The average molecular weight is 295 g/mol. The smallest absolute Gasteiger partial charge is 0.239 e. The van der Waals surface area contributed by atoms with Gasteiger partial charge < -0.3 is 19.9 Å². The van der Waals surface area contributed by atoms with Gasteiger partial charge in [0.05, 0.1) is 31.5 Å². The average Bonchev–Trinajstić information content (AvgIpc) is 3.06. The molecule has 0 unspecified atom stereocenters. The van der Waals surface area contributed by atoms with Crippen molar-refractivity contribution in [3.63, 3.8) is 0 Å². The third kappa shape index (κ3) is 4.56. The molecule has 1 saturated heterocycles. The Morgan fingerprint density at radius 2 is 2.19 bits per heavy atom. The first kappa shape index (κ1) is 15.5. The van der Waals surface area contributed by atoms with Crippen molar-refractivity contribution in [2.45, 2.75) is 32.7 Å². The van der Waals surface area contributed by atoms with E-state index in [0.29, 0.717) is 26.1 Å². The molecule has 2 amide bonds. The van der Waals surface area contributed by atoms with E-state index in [-0.39, 0.29) is 30.3 Å². The summed E-state index contributed by atoms with van der Waals surface area (Å²) >= 11 is 0. The number of ether oxygens (including phenoxy) is 1. The molecule has 1 aromatic heterocycles. The summed E-state index contributed by atoms with van der Waals surface area (Å²) in [5, 5.41) is 9.30. The lowest BCUT2D eigenvalue weighted by molar-refractivity contribution is -0.126. The van der Waals surface area contributed by atoms with Crippen LogP contribution in [0.1, 0.15) is 24.8 Å². The number of aryl methyl sites for hydroxylation is 1. The van der Waals surface area contributed by atoms with Gasteiger partial charge in [0.1, 0.15) is 5.76 Å². The van der Waals surface area contributed by atoms with E-state index in [1.54, 1.807) is 6.92 Å². The van der Waals surface area contributed by atoms with Gasteiger partial charge in [0, 0.05) is 24.8 Å². The zero-order chi connectivity index (χ0) is 15.2. The summed E-state index contributed by atoms with van der Waals surface area (Å²) in [4.78, 5) is 22.9. The van der Waals surface area contributed by atoms with Crippen LogP contribution in [0.3, 0.4) is 0 Å². The van der Waals surface area contributed by atoms with Crippen molar-refractivity contribution in [3.8, 4) is 0 Å². The van der Waals surface area contributed by atoms with Crippen molar-refractivity contribution >= 4 is 11.8 Å². The summed E-state index contributed by atoms with van der Waals surface area (Å²) in [6.07, 6.45) is 1.04. The van der Waals surface area contributed by atoms with E-state index in [9.17, 15) is 9.59 Å². The highest BCUT2D eigenvalue weighted by atomic mass is 16.5. The maximum atomic E-state index is 11.8. The number of nitrogens with zero attached hydrogens (tertiary/aromatic N) is 1. The van der Waals surface area contributed by atoms with Gasteiger partial charge in [-0.1, -0.05) is 12.1 Å². The summed E-state index contributed by atoms with van der Waals surface area (Å²) in [7, 11) is 0. The van der Waals surface area contributed by atoms with E-state index in [1.807, 2.05) is 13.0 Å². The van der Waals surface area contributed by atoms with Gasteiger partial charge in [0.15, 0.2) is 0 Å². The van der Waals surface area contributed by atoms with Crippen LogP contribution >= 0.6 is 0 Å². The monoisotopic (exact) mass is 295 g/mol. The van der Waals surface area contributed by atoms with Crippen molar-refractivity contribution in [3.05, 3.63) is 17.5 Å². The number of rotatable bonds is 6. The minimum Gasteiger partial charge on any atom is -0.379 e. The summed E-state index contributed by atoms with van der Waals surface area (Å²) in [5.74, 6) is 0.609. The Balaban J connectivity index is 1.81. The molecule has 1 aliphatic rings. The van der Waals surface area contributed by atoms with E-state index >= 15 is 0 Å². The summed E-state index contributed by atoms with van der Waals surface area (Å²) < 4.78 is 10.6. The molecule has 0 bridgehead atoms. The predicted octanol–water partition coefficient (Wildman–Crippen LogP) is 0.183. The van der Waals surface area contributed by atoms with Crippen molar-refractivity contribution in [2.24, 2.45) is 5.92 Å². The fraction of sp³-hybridized carbons (Fsp3) is 0.643. The van der Waals surface area contributed by atoms with Gasteiger partial charge in [0.25, 0.3) is 0 Å². The molecule has 2 N–H and O–H groups in total. The molecule has 1 aliphatic heterocycles. The number of aromatic nitrogens is 1. The van der Waals surface area contributed by atoms with E-state index in [2.05, 4.69) is 15.8 Å². The van der Waals surface area contributed by atoms with Crippen molar-refractivity contribution < 1.29 is 18.8 Å². The molecule has 21 heavy (non-hydrogen) atoms. The third-order valence-electron chi connectivity index (χ3n) is 3.45. The Morgan fingerprint density at radius 1 is 1.38 bits per heavy atom. The number of nitrogens with one attached hydrogen (secondary N) is 2. The topological polar surface area (TPSA) is 93.5 Å². The van der Waals surface area contributed by atoms with Gasteiger partial charge in [-0.25, -0.2) is 0 Å². The van der Waals surface area contributed by atoms with Crippen molar-refractivity contribution in [2.75, 3.05) is 19.8 Å². The number of carbonyl (C=O) groups is 2. The quantitative estimate of drug-likeness (QED) is 0.781. The highest BCUT2D eigenvalue weighted by Gasteiger charge is 2.30. The molecule has 116 valence electrons. The van der Waals surface area contributed by atoms with Crippen LogP contribution in [0.4, 0.5) is 0 Å². The van der Waals surface area contributed by atoms with E-state index in [1.165, 1.54) is 0 Å². The molecule has 7 heteroatoms. The molecule has 0 radical (unpaired) electrons. The number of carbonyl (C=O) groups excluding carboxylic acids is 2. The Kier molecular flexibility index (Phi) is 5.32. The Morgan fingerprint density at radius 3 is 2.86 bits per heavy atom. The second-order valence-electron chi connectivity index (χ2n) is 5.24. The number of hydrogen-bond donors (Lipinski definition) is 2. The minimum absolute atomic E-state index is 0.00267.